The molecular weight excluding hydrogens is 408 g/mol. The van der Waals surface area contributed by atoms with E-state index in [-0.39, 0.29) is 24.2 Å². The zero-order valence-corrected chi connectivity index (χ0v) is 18.1. The summed E-state index contributed by atoms with van der Waals surface area (Å²) in [5.41, 5.74) is 2.58. The third-order valence-corrected chi connectivity index (χ3v) is 5.36. The van der Waals surface area contributed by atoms with E-state index in [1.807, 2.05) is 36.4 Å². The molecule has 3 aromatic rings. The summed E-state index contributed by atoms with van der Waals surface area (Å²) in [5.74, 6) is 1.61. The molecule has 32 heavy (non-hydrogen) atoms. The zero-order valence-electron chi connectivity index (χ0n) is 18.1. The maximum Gasteiger partial charge on any atom is 0.249 e. The Morgan fingerprint density at radius 2 is 1.91 bits per heavy atom. The van der Waals surface area contributed by atoms with E-state index in [0.717, 1.165) is 16.7 Å². The van der Waals surface area contributed by atoms with Gasteiger partial charge in [0, 0.05) is 31.0 Å². The molecule has 4 rings (SSSR count). The Balaban J connectivity index is 1.59. The van der Waals surface area contributed by atoms with Gasteiger partial charge in [0.15, 0.2) is 17.3 Å². The topological polar surface area (TPSA) is 94.5 Å². The van der Waals surface area contributed by atoms with Gasteiger partial charge < -0.3 is 20.1 Å². The van der Waals surface area contributed by atoms with Gasteiger partial charge in [-0.25, -0.2) is 0 Å². The van der Waals surface area contributed by atoms with Crippen LogP contribution in [-0.4, -0.2) is 35.8 Å². The van der Waals surface area contributed by atoms with Crippen LogP contribution in [0.4, 0.5) is 11.6 Å². The lowest BCUT2D eigenvalue weighted by atomic mass is 9.86. The summed E-state index contributed by atoms with van der Waals surface area (Å²) < 4.78 is 12.1. The van der Waals surface area contributed by atoms with Crippen molar-refractivity contribution in [3.8, 4) is 11.5 Å². The third kappa shape index (κ3) is 4.20. The molecule has 1 aliphatic rings. The largest absolute Gasteiger partial charge is 0.493 e. The molecule has 1 unspecified atom stereocenters. The van der Waals surface area contributed by atoms with Gasteiger partial charge in [-0.1, -0.05) is 36.4 Å². The Morgan fingerprint density at radius 3 is 2.62 bits per heavy atom. The second-order valence-electron chi connectivity index (χ2n) is 7.39. The van der Waals surface area contributed by atoms with E-state index >= 15 is 0 Å². The first-order valence-electron chi connectivity index (χ1n) is 10.1. The molecule has 8 nitrogen and oxygen atoms in total. The van der Waals surface area contributed by atoms with Gasteiger partial charge in [0.1, 0.15) is 5.82 Å². The molecule has 0 bridgehead atoms. The average Bonchev–Trinajstić information content (AvgIpc) is 3.12. The molecule has 1 atom stereocenters. The molecule has 8 heteroatoms. The van der Waals surface area contributed by atoms with Gasteiger partial charge in [-0.05, 0) is 29.3 Å². The highest BCUT2D eigenvalue weighted by Gasteiger charge is 2.33. The van der Waals surface area contributed by atoms with Gasteiger partial charge in [0.2, 0.25) is 11.8 Å². The first-order valence-corrected chi connectivity index (χ1v) is 10.1. The Bertz CT molecular complexity index is 1180. The van der Waals surface area contributed by atoms with E-state index in [1.54, 1.807) is 44.2 Å². The SMILES string of the molecule is COc1ccc(/C=C/C(=O)Nc2nn(C)c3c2C(c2ccccc2)CC(=O)N3)cc1OC. The van der Waals surface area contributed by atoms with Crippen molar-refractivity contribution in [3.63, 3.8) is 0 Å². The lowest BCUT2D eigenvalue weighted by Gasteiger charge is -2.24. The number of aromatic nitrogens is 2. The number of ether oxygens (including phenoxy) is 2. The fraction of sp³-hybridized carbons (Fsp3) is 0.208. The van der Waals surface area contributed by atoms with Gasteiger partial charge in [0.05, 0.1) is 14.2 Å². The molecule has 2 N–H and O–H groups in total. The highest BCUT2D eigenvalue weighted by Crippen LogP contribution is 2.41. The van der Waals surface area contributed by atoms with Gasteiger partial charge in [-0.3, -0.25) is 14.3 Å². The fourth-order valence-corrected chi connectivity index (χ4v) is 3.84. The summed E-state index contributed by atoms with van der Waals surface area (Å²) in [6.07, 6.45) is 3.40. The number of hydrogen-bond donors (Lipinski definition) is 2. The molecule has 0 radical (unpaired) electrons. The van der Waals surface area contributed by atoms with Gasteiger partial charge in [-0.2, -0.15) is 5.10 Å². The minimum absolute atomic E-state index is 0.0828. The minimum atomic E-state index is -0.329. The number of rotatable bonds is 6. The summed E-state index contributed by atoms with van der Waals surface area (Å²) in [4.78, 5) is 25.0. The van der Waals surface area contributed by atoms with E-state index in [2.05, 4.69) is 15.7 Å². The molecule has 0 spiro atoms. The Labute approximate surface area is 185 Å². The lowest BCUT2D eigenvalue weighted by Crippen LogP contribution is -2.25. The third-order valence-electron chi connectivity index (χ3n) is 5.36. The van der Waals surface area contributed by atoms with Crippen molar-refractivity contribution in [3.05, 3.63) is 71.3 Å². The molecule has 0 saturated carbocycles. The van der Waals surface area contributed by atoms with Crippen molar-refractivity contribution >= 4 is 29.5 Å². The van der Waals surface area contributed by atoms with Gasteiger partial charge in [-0.15, -0.1) is 0 Å². The van der Waals surface area contributed by atoms with Crippen LogP contribution in [0.25, 0.3) is 6.08 Å². The van der Waals surface area contributed by atoms with Crippen LogP contribution < -0.4 is 20.1 Å². The summed E-state index contributed by atoms with van der Waals surface area (Å²) in [6, 6.07) is 15.1. The standard InChI is InChI=1S/C24H24N4O4/c1-28-24-22(17(14-21(30)26-24)16-7-5-4-6-8-16)23(27-28)25-20(29)12-10-15-9-11-18(31-2)19(13-15)32-3/h4-13,17H,14H2,1-3H3,(H,26,30)(H,25,27,29)/b12-10+. The predicted octanol–water partition coefficient (Wildman–Crippen LogP) is 3.56. The van der Waals surface area contributed by atoms with Crippen LogP contribution in [-0.2, 0) is 16.6 Å². The quantitative estimate of drug-likeness (QED) is 0.581. The van der Waals surface area contributed by atoms with Crippen LogP contribution in [0.3, 0.4) is 0 Å². The van der Waals surface area contributed by atoms with Crippen molar-refractivity contribution in [2.24, 2.45) is 7.05 Å². The number of methoxy groups -OCH3 is 2. The number of anilines is 2. The molecule has 164 valence electrons. The number of hydrogen-bond acceptors (Lipinski definition) is 5. The van der Waals surface area contributed by atoms with Crippen LogP contribution in [0.15, 0.2) is 54.6 Å². The molecule has 1 aliphatic heterocycles. The maximum absolute atomic E-state index is 12.7. The van der Waals surface area contributed by atoms with E-state index in [1.165, 1.54) is 6.08 Å². The minimum Gasteiger partial charge on any atom is -0.493 e. The lowest BCUT2D eigenvalue weighted by molar-refractivity contribution is -0.116. The Kier molecular flexibility index (Phi) is 5.93. The van der Waals surface area contributed by atoms with Gasteiger partial charge in [0.25, 0.3) is 0 Å². The number of carbonyl (C=O) groups is 2. The average molecular weight is 432 g/mol. The van der Waals surface area contributed by atoms with Crippen LogP contribution >= 0.6 is 0 Å². The Hall–Kier alpha value is -4.07. The molecule has 0 saturated heterocycles. The maximum atomic E-state index is 12.7. The van der Waals surface area contributed by atoms with Crippen LogP contribution in [0, 0.1) is 0 Å². The molecule has 1 aromatic heterocycles. The zero-order chi connectivity index (χ0) is 22.7. The number of carbonyl (C=O) groups excluding carboxylic acids is 2. The highest BCUT2D eigenvalue weighted by atomic mass is 16.5. The normalized spacial score (nSPS) is 15.2. The molecule has 2 heterocycles. The van der Waals surface area contributed by atoms with Crippen molar-refractivity contribution in [1.29, 1.82) is 0 Å². The van der Waals surface area contributed by atoms with Crippen LogP contribution in [0.2, 0.25) is 0 Å². The molecular formula is C24H24N4O4. The van der Waals surface area contributed by atoms with E-state index in [4.69, 9.17) is 9.47 Å². The number of nitrogens with one attached hydrogen (secondary N) is 2. The smallest absolute Gasteiger partial charge is 0.249 e. The van der Waals surface area contributed by atoms with Gasteiger partial charge >= 0.3 is 0 Å². The number of aryl methyl sites for hydroxylation is 1. The number of benzene rings is 2. The van der Waals surface area contributed by atoms with E-state index in [9.17, 15) is 9.59 Å². The highest BCUT2D eigenvalue weighted by molar-refractivity contribution is 6.03. The molecule has 0 aliphatic carbocycles. The van der Waals surface area contributed by atoms with Crippen LogP contribution in [0.1, 0.15) is 29.0 Å². The molecule has 2 amide bonds. The second-order valence-corrected chi connectivity index (χ2v) is 7.39. The second kappa shape index (κ2) is 8.97. The first kappa shape index (κ1) is 21.2. The number of fused-ring (bicyclic) bond motifs is 1. The number of amides is 2. The molecule has 2 aromatic carbocycles. The van der Waals surface area contributed by atoms with Crippen molar-refractivity contribution < 1.29 is 19.1 Å². The first-order chi connectivity index (χ1) is 15.5. The van der Waals surface area contributed by atoms with Crippen LogP contribution in [0.5, 0.6) is 11.5 Å². The monoisotopic (exact) mass is 432 g/mol. The number of nitrogens with zero attached hydrogens (tertiary/aromatic N) is 2. The Morgan fingerprint density at radius 1 is 1.16 bits per heavy atom. The van der Waals surface area contributed by atoms with E-state index in [0.29, 0.717) is 23.1 Å². The van der Waals surface area contributed by atoms with Crippen molar-refractivity contribution in [2.45, 2.75) is 12.3 Å². The summed E-state index contributed by atoms with van der Waals surface area (Å²) in [7, 11) is 4.87. The summed E-state index contributed by atoms with van der Waals surface area (Å²) >= 11 is 0. The fourth-order valence-electron chi connectivity index (χ4n) is 3.84. The van der Waals surface area contributed by atoms with Crippen molar-refractivity contribution in [1.82, 2.24) is 9.78 Å². The summed E-state index contributed by atoms with van der Waals surface area (Å²) in [5, 5.41) is 10.2. The predicted molar refractivity (Wildman–Crippen MR) is 122 cm³/mol. The van der Waals surface area contributed by atoms with Crippen molar-refractivity contribution in [2.75, 3.05) is 24.9 Å². The van der Waals surface area contributed by atoms with E-state index < -0.39 is 0 Å². The molecule has 0 fully saturated rings. The summed E-state index contributed by atoms with van der Waals surface area (Å²) in [6.45, 7) is 0.